The van der Waals surface area contributed by atoms with Gasteiger partial charge in [-0.05, 0) is 24.5 Å². The van der Waals surface area contributed by atoms with Gasteiger partial charge in [-0.3, -0.25) is 4.79 Å². The highest BCUT2D eigenvalue weighted by atomic mass is 19.4. The molecular formula is C22H21F6N7O. The Kier molecular flexibility index (Phi) is 6.62. The monoisotopic (exact) mass is 513 g/mol. The standard InChI is InChI=1S/C22H21F6N7O/c1-12-3-4-15(35-32-5-6-33-35)17(18(12)23)19(36)34-11-21(24,25)7-13(2)16(34)10-31-20-29-8-14(9-30-20)22(26,27)28/h3-6,8-9,13,16H,7,10-11H2,1-2H3,(H,29,30,31)/t13?,16-/m1/s1. The van der Waals surface area contributed by atoms with Crippen LogP contribution in [0.5, 0.6) is 0 Å². The first kappa shape index (κ1) is 25.4. The van der Waals surface area contributed by atoms with E-state index in [1.807, 2.05) is 0 Å². The Morgan fingerprint density at radius 2 is 1.81 bits per heavy atom. The molecule has 1 aliphatic rings. The summed E-state index contributed by atoms with van der Waals surface area (Å²) < 4.78 is 82.6. The summed E-state index contributed by atoms with van der Waals surface area (Å²) in [6.45, 7) is 1.81. The van der Waals surface area contributed by atoms with Gasteiger partial charge in [-0.2, -0.15) is 28.2 Å². The van der Waals surface area contributed by atoms with Gasteiger partial charge >= 0.3 is 6.18 Å². The van der Waals surface area contributed by atoms with E-state index in [1.54, 1.807) is 0 Å². The molecule has 14 heteroatoms. The molecule has 1 aliphatic heterocycles. The van der Waals surface area contributed by atoms with Gasteiger partial charge in [0.15, 0.2) is 0 Å². The average molecular weight is 513 g/mol. The molecule has 0 bridgehead atoms. The first-order valence-electron chi connectivity index (χ1n) is 10.8. The van der Waals surface area contributed by atoms with Crippen LogP contribution >= 0.6 is 0 Å². The predicted octanol–water partition coefficient (Wildman–Crippen LogP) is 4.12. The van der Waals surface area contributed by atoms with Crippen LogP contribution in [0.4, 0.5) is 32.3 Å². The molecule has 0 radical (unpaired) electrons. The molecule has 1 fully saturated rings. The van der Waals surface area contributed by atoms with Crippen LogP contribution < -0.4 is 5.32 Å². The molecule has 0 saturated carbocycles. The minimum absolute atomic E-state index is 0.0209. The summed E-state index contributed by atoms with van der Waals surface area (Å²) >= 11 is 0. The summed E-state index contributed by atoms with van der Waals surface area (Å²) in [5.74, 6) is -6.05. The lowest BCUT2D eigenvalue weighted by molar-refractivity contribution is -0.138. The second-order valence-corrected chi connectivity index (χ2v) is 8.62. The molecule has 3 heterocycles. The smallest absolute Gasteiger partial charge is 0.352 e. The summed E-state index contributed by atoms with van der Waals surface area (Å²) in [4.78, 5) is 22.7. The number of aryl methyl sites for hydroxylation is 1. The van der Waals surface area contributed by atoms with Crippen LogP contribution in [0.15, 0.2) is 36.9 Å². The number of amides is 1. The zero-order valence-electron chi connectivity index (χ0n) is 19.1. The van der Waals surface area contributed by atoms with Gasteiger partial charge in [0, 0.05) is 25.4 Å². The second kappa shape index (κ2) is 9.39. The number of piperidine rings is 1. The number of nitrogens with zero attached hydrogens (tertiary/aromatic N) is 6. The van der Waals surface area contributed by atoms with Crippen LogP contribution in [-0.4, -0.2) is 60.8 Å². The fourth-order valence-corrected chi connectivity index (χ4v) is 4.16. The SMILES string of the molecule is Cc1ccc(-n2nccn2)c(C(=O)N2CC(F)(F)CC(C)[C@H]2CNc2ncc(C(F)(F)F)cn2)c1F. The van der Waals surface area contributed by atoms with E-state index in [9.17, 15) is 26.7 Å². The van der Waals surface area contributed by atoms with E-state index in [2.05, 4.69) is 25.5 Å². The number of nitrogens with one attached hydrogen (secondary N) is 1. The number of hydrogen-bond donors (Lipinski definition) is 1. The lowest BCUT2D eigenvalue weighted by Gasteiger charge is -2.43. The minimum Gasteiger partial charge on any atom is -0.352 e. The fraction of sp³-hybridized carbons (Fsp3) is 0.409. The maximum absolute atomic E-state index is 15.2. The van der Waals surface area contributed by atoms with Crippen molar-refractivity contribution in [2.45, 2.75) is 38.4 Å². The summed E-state index contributed by atoms with van der Waals surface area (Å²) in [6.07, 6.45) is -1.35. The fourth-order valence-electron chi connectivity index (χ4n) is 4.16. The van der Waals surface area contributed by atoms with Crippen molar-refractivity contribution in [1.82, 2.24) is 29.9 Å². The topological polar surface area (TPSA) is 88.8 Å². The molecule has 3 aromatic rings. The zero-order valence-corrected chi connectivity index (χ0v) is 19.1. The number of halogens is 6. The average Bonchev–Trinajstić information content (AvgIpc) is 3.33. The van der Waals surface area contributed by atoms with Crippen LogP contribution in [-0.2, 0) is 6.18 Å². The Hall–Kier alpha value is -3.71. The number of carbonyl (C=O) groups excluding carboxylic acids is 1. The number of aromatic nitrogens is 5. The number of benzene rings is 1. The van der Waals surface area contributed by atoms with Gasteiger partial charge in [-0.25, -0.2) is 23.1 Å². The number of carbonyl (C=O) groups is 1. The van der Waals surface area contributed by atoms with Crippen molar-refractivity contribution in [3.63, 3.8) is 0 Å². The van der Waals surface area contributed by atoms with Gasteiger partial charge in [-0.1, -0.05) is 13.0 Å². The molecule has 2 atom stereocenters. The summed E-state index contributed by atoms with van der Waals surface area (Å²) in [7, 11) is 0. The zero-order chi connectivity index (χ0) is 26.3. The third kappa shape index (κ3) is 5.11. The molecule has 192 valence electrons. The quantitative estimate of drug-likeness (QED) is 0.517. The van der Waals surface area contributed by atoms with E-state index in [4.69, 9.17) is 0 Å². The third-order valence-corrected chi connectivity index (χ3v) is 5.95. The number of rotatable bonds is 5. The number of alkyl halides is 5. The Morgan fingerprint density at radius 3 is 2.42 bits per heavy atom. The van der Waals surface area contributed by atoms with E-state index in [1.165, 1.54) is 38.4 Å². The van der Waals surface area contributed by atoms with Crippen molar-refractivity contribution in [3.8, 4) is 5.69 Å². The predicted molar refractivity (Wildman–Crippen MR) is 115 cm³/mol. The molecule has 1 N–H and O–H groups in total. The third-order valence-electron chi connectivity index (χ3n) is 5.95. The minimum atomic E-state index is -4.62. The Balaban J connectivity index is 1.65. The molecule has 0 spiro atoms. The van der Waals surface area contributed by atoms with Gasteiger partial charge in [0.25, 0.3) is 11.8 Å². The molecule has 1 saturated heterocycles. The van der Waals surface area contributed by atoms with Crippen molar-refractivity contribution in [3.05, 3.63) is 59.4 Å². The lowest BCUT2D eigenvalue weighted by Crippen LogP contribution is -2.57. The second-order valence-electron chi connectivity index (χ2n) is 8.62. The summed E-state index contributed by atoms with van der Waals surface area (Å²) in [5.41, 5.74) is -1.41. The molecule has 36 heavy (non-hydrogen) atoms. The maximum atomic E-state index is 15.2. The Morgan fingerprint density at radius 1 is 1.17 bits per heavy atom. The van der Waals surface area contributed by atoms with E-state index >= 15 is 4.39 Å². The van der Waals surface area contributed by atoms with Gasteiger partial charge in [0.1, 0.15) is 17.1 Å². The molecule has 2 aromatic heterocycles. The Bertz CT molecular complexity index is 1230. The van der Waals surface area contributed by atoms with Crippen molar-refractivity contribution >= 4 is 11.9 Å². The van der Waals surface area contributed by atoms with E-state index in [0.717, 1.165) is 9.70 Å². The van der Waals surface area contributed by atoms with Crippen LogP contribution in [0, 0.1) is 18.7 Å². The first-order valence-corrected chi connectivity index (χ1v) is 10.8. The Labute approximate surface area is 201 Å². The van der Waals surface area contributed by atoms with Crippen LogP contribution in [0.1, 0.15) is 34.8 Å². The van der Waals surface area contributed by atoms with E-state index < -0.39 is 59.9 Å². The van der Waals surface area contributed by atoms with E-state index in [-0.39, 0.29) is 23.7 Å². The van der Waals surface area contributed by atoms with Gasteiger partial charge in [-0.15, -0.1) is 0 Å². The van der Waals surface area contributed by atoms with Crippen LogP contribution in [0.25, 0.3) is 5.69 Å². The highest BCUT2D eigenvalue weighted by molar-refractivity contribution is 5.98. The summed E-state index contributed by atoms with van der Waals surface area (Å²) in [5, 5.41) is 10.5. The molecular weight excluding hydrogens is 492 g/mol. The molecule has 1 unspecified atom stereocenters. The normalized spacial score (nSPS) is 19.8. The molecule has 4 rings (SSSR count). The molecule has 1 aromatic carbocycles. The van der Waals surface area contributed by atoms with Gasteiger partial charge in [0.05, 0.1) is 30.5 Å². The molecule has 8 nitrogen and oxygen atoms in total. The maximum Gasteiger partial charge on any atom is 0.419 e. The molecule has 1 amide bonds. The highest BCUT2D eigenvalue weighted by Gasteiger charge is 2.47. The van der Waals surface area contributed by atoms with Gasteiger partial charge in [0.2, 0.25) is 5.95 Å². The summed E-state index contributed by atoms with van der Waals surface area (Å²) in [6, 6.07) is 1.96. The van der Waals surface area contributed by atoms with E-state index in [0.29, 0.717) is 12.4 Å². The number of likely N-dealkylation sites (tertiary alicyclic amines) is 1. The number of anilines is 1. The van der Waals surface area contributed by atoms with Crippen molar-refractivity contribution in [2.24, 2.45) is 5.92 Å². The molecule has 0 aliphatic carbocycles. The van der Waals surface area contributed by atoms with Crippen molar-refractivity contribution < 1.29 is 31.1 Å². The first-order chi connectivity index (χ1) is 16.9. The lowest BCUT2D eigenvalue weighted by atomic mass is 9.87. The van der Waals surface area contributed by atoms with Crippen molar-refractivity contribution in [2.75, 3.05) is 18.4 Å². The largest absolute Gasteiger partial charge is 0.419 e. The number of hydrogen-bond acceptors (Lipinski definition) is 6. The van der Waals surface area contributed by atoms with Gasteiger partial charge < -0.3 is 10.2 Å². The van der Waals surface area contributed by atoms with Crippen LogP contribution in [0.2, 0.25) is 0 Å². The van der Waals surface area contributed by atoms with Crippen molar-refractivity contribution in [1.29, 1.82) is 0 Å². The van der Waals surface area contributed by atoms with Crippen LogP contribution in [0.3, 0.4) is 0 Å². The highest BCUT2D eigenvalue weighted by Crippen LogP contribution is 2.36.